The Morgan fingerprint density at radius 1 is 0.358 bits per heavy atom. The average Bonchev–Trinajstić information content (AvgIpc) is 3.96. The van der Waals surface area contributed by atoms with Gasteiger partial charge in [-0.05, 0) is 81.6 Å². The largest absolute Gasteiger partial charge is 0.307 e. The molecule has 0 fully saturated rings. The lowest BCUT2D eigenvalue weighted by molar-refractivity contribution is 1.18. The highest BCUT2D eigenvalue weighted by Crippen LogP contribution is 2.49. The van der Waals surface area contributed by atoms with Crippen molar-refractivity contribution in [3.05, 3.63) is 170 Å². The molecule has 53 heavy (non-hydrogen) atoms. The molecule has 0 atom stereocenters. The van der Waals surface area contributed by atoms with Crippen molar-refractivity contribution in [1.82, 2.24) is 18.5 Å². The van der Waals surface area contributed by atoms with Gasteiger partial charge in [-0.15, -0.1) is 0 Å². The standard InChI is InChI=1S/C49H28N4/c1-2-14-30(15-3-1)51-42-24-11-9-21-39(42)48-47(51)36-19-6-7-20-38(36)49-50-45-43(53(48)49)26-25-37-34-18-8-10-23-41(34)52(46(37)45)31-27-29-13-12-22-35-32-16-4-5-17-33(32)40(28-31)44(29)35/h1-28H. The minimum absolute atomic E-state index is 0.971. The van der Waals surface area contributed by atoms with E-state index in [1.807, 2.05) is 0 Å². The molecule has 0 saturated heterocycles. The summed E-state index contributed by atoms with van der Waals surface area (Å²) >= 11 is 0. The van der Waals surface area contributed by atoms with E-state index in [1.54, 1.807) is 0 Å². The number of aromatic nitrogens is 4. The van der Waals surface area contributed by atoms with E-state index in [1.165, 1.54) is 76.6 Å². The van der Waals surface area contributed by atoms with Crippen molar-refractivity contribution in [2.45, 2.75) is 0 Å². The molecule has 13 rings (SSSR count). The fourth-order valence-corrected chi connectivity index (χ4v) is 9.62. The average molecular weight is 673 g/mol. The second-order valence-corrected chi connectivity index (χ2v) is 14.3. The van der Waals surface area contributed by atoms with E-state index >= 15 is 0 Å². The van der Waals surface area contributed by atoms with Crippen molar-refractivity contribution < 1.29 is 0 Å². The van der Waals surface area contributed by atoms with Crippen LogP contribution in [0.1, 0.15) is 0 Å². The summed E-state index contributed by atoms with van der Waals surface area (Å²) in [5.74, 6) is 0. The number of nitrogens with zero attached hydrogens (tertiary/aromatic N) is 4. The molecule has 0 N–H and O–H groups in total. The number of imidazole rings is 1. The molecular weight excluding hydrogens is 645 g/mol. The second kappa shape index (κ2) is 9.78. The van der Waals surface area contributed by atoms with Crippen LogP contribution >= 0.6 is 0 Å². The summed E-state index contributed by atoms with van der Waals surface area (Å²) in [5, 5.41) is 8.54. The summed E-state index contributed by atoms with van der Waals surface area (Å²) in [5.41, 5.74) is 16.4. The Labute approximate surface area is 303 Å². The van der Waals surface area contributed by atoms with Crippen LogP contribution in [0.2, 0.25) is 0 Å². The van der Waals surface area contributed by atoms with Crippen molar-refractivity contribution in [2.75, 3.05) is 0 Å². The molecule has 0 amide bonds. The van der Waals surface area contributed by atoms with Crippen molar-refractivity contribution in [1.29, 1.82) is 0 Å². The van der Waals surface area contributed by atoms with E-state index in [2.05, 4.69) is 183 Å². The first-order valence-corrected chi connectivity index (χ1v) is 18.2. The molecule has 1 aliphatic rings. The summed E-state index contributed by atoms with van der Waals surface area (Å²) in [6.45, 7) is 0. The molecule has 8 aromatic carbocycles. The maximum Gasteiger partial charge on any atom is 0.146 e. The van der Waals surface area contributed by atoms with Gasteiger partial charge in [0, 0.05) is 38.3 Å². The lowest BCUT2D eigenvalue weighted by Gasteiger charge is -2.12. The molecule has 0 unspecified atom stereocenters. The third-order valence-corrected chi connectivity index (χ3v) is 11.7. The Morgan fingerprint density at radius 2 is 0.981 bits per heavy atom. The number of hydrogen-bond acceptors (Lipinski definition) is 1. The number of fused-ring (bicyclic) bond motifs is 17. The van der Waals surface area contributed by atoms with Crippen LogP contribution in [-0.4, -0.2) is 18.5 Å². The zero-order chi connectivity index (χ0) is 34.4. The third kappa shape index (κ3) is 3.39. The van der Waals surface area contributed by atoms with Crippen molar-refractivity contribution in [3.63, 3.8) is 0 Å². The smallest absolute Gasteiger partial charge is 0.146 e. The fraction of sp³-hybridized carbons (Fsp3) is 0. The predicted molar refractivity (Wildman–Crippen MR) is 221 cm³/mol. The highest BCUT2D eigenvalue weighted by atomic mass is 15.1. The lowest BCUT2D eigenvalue weighted by atomic mass is 10.0. The molecule has 4 nitrogen and oxygen atoms in total. The van der Waals surface area contributed by atoms with Crippen molar-refractivity contribution in [3.8, 4) is 33.6 Å². The van der Waals surface area contributed by atoms with Crippen LogP contribution in [0.25, 0.3) is 116 Å². The summed E-state index contributed by atoms with van der Waals surface area (Å²) in [6.07, 6.45) is 0. The Morgan fingerprint density at radius 3 is 1.81 bits per heavy atom. The van der Waals surface area contributed by atoms with Crippen LogP contribution in [0.15, 0.2) is 170 Å². The van der Waals surface area contributed by atoms with Gasteiger partial charge >= 0.3 is 0 Å². The second-order valence-electron chi connectivity index (χ2n) is 14.3. The van der Waals surface area contributed by atoms with Crippen LogP contribution in [0.3, 0.4) is 0 Å². The number of rotatable bonds is 2. The highest BCUT2D eigenvalue weighted by molar-refractivity contribution is 6.24. The van der Waals surface area contributed by atoms with Gasteiger partial charge in [-0.1, -0.05) is 121 Å². The molecule has 0 aliphatic heterocycles. The van der Waals surface area contributed by atoms with Crippen LogP contribution in [0, 0.1) is 0 Å². The number of pyridine rings is 1. The topological polar surface area (TPSA) is 27.2 Å². The number of benzene rings is 8. The molecule has 1 aliphatic carbocycles. The van der Waals surface area contributed by atoms with Crippen molar-refractivity contribution >= 4 is 82.0 Å². The van der Waals surface area contributed by atoms with E-state index in [4.69, 9.17) is 4.98 Å². The van der Waals surface area contributed by atoms with Crippen LogP contribution < -0.4 is 0 Å². The zero-order valence-electron chi connectivity index (χ0n) is 28.5. The molecule has 12 aromatic rings. The molecule has 4 aromatic heterocycles. The molecule has 0 radical (unpaired) electrons. The molecule has 4 heteroatoms. The Hall–Kier alpha value is -7.17. The Bertz CT molecular complexity index is 3560. The van der Waals surface area contributed by atoms with Crippen LogP contribution in [-0.2, 0) is 0 Å². The van der Waals surface area contributed by atoms with E-state index in [9.17, 15) is 0 Å². The van der Waals surface area contributed by atoms with E-state index < -0.39 is 0 Å². The molecule has 244 valence electrons. The lowest BCUT2D eigenvalue weighted by Crippen LogP contribution is -1.96. The van der Waals surface area contributed by atoms with E-state index in [-0.39, 0.29) is 0 Å². The van der Waals surface area contributed by atoms with E-state index in [0.717, 1.165) is 39.0 Å². The van der Waals surface area contributed by atoms with Gasteiger partial charge in [-0.2, -0.15) is 0 Å². The van der Waals surface area contributed by atoms with Gasteiger partial charge in [-0.25, -0.2) is 4.98 Å². The Kier molecular flexibility index (Phi) is 5.08. The normalized spacial score (nSPS) is 12.5. The summed E-state index contributed by atoms with van der Waals surface area (Å²) in [4.78, 5) is 5.68. The van der Waals surface area contributed by atoms with Crippen LogP contribution in [0.5, 0.6) is 0 Å². The fourth-order valence-electron chi connectivity index (χ4n) is 9.62. The number of para-hydroxylation sites is 3. The molecular formula is C49H28N4. The summed E-state index contributed by atoms with van der Waals surface area (Å²) in [7, 11) is 0. The van der Waals surface area contributed by atoms with Crippen molar-refractivity contribution in [2.24, 2.45) is 0 Å². The molecule has 4 heterocycles. The van der Waals surface area contributed by atoms with Crippen LogP contribution in [0.4, 0.5) is 0 Å². The highest BCUT2D eigenvalue weighted by Gasteiger charge is 2.26. The number of hydrogen-bond donors (Lipinski definition) is 0. The van der Waals surface area contributed by atoms with Gasteiger partial charge in [0.1, 0.15) is 11.2 Å². The first kappa shape index (κ1) is 27.5. The van der Waals surface area contributed by atoms with Gasteiger partial charge in [0.05, 0.1) is 33.1 Å². The maximum atomic E-state index is 5.68. The molecule has 0 spiro atoms. The predicted octanol–water partition coefficient (Wildman–Crippen LogP) is 12.6. The van der Waals surface area contributed by atoms with Gasteiger partial charge < -0.3 is 9.13 Å². The quantitative estimate of drug-likeness (QED) is 0.180. The first-order chi connectivity index (χ1) is 26.3. The summed E-state index contributed by atoms with van der Waals surface area (Å²) < 4.78 is 7.33. The van der Waals surface area contributed by atoms with Gasteiger partial charge in [0.2, 0.25) is 0 Å². The Balaban J connectivity index is 1.23. The minimum Gasteiger partial charge on any atom is -0.307 e. The SMILES string of the molecule is c1ccc(-n2c3ccccc3c3c2c2ccccc2c2nc4c5c(ccc4n23)c2ccccc2n5-c2cc3c4c(cccc4c2)-c2ccccc2-3)cc1. The molecule has 0 saturated carbocycles. The van der Waals surface area contributed by atoms with Gasteiger partial charge in [0.15, 0.2) is 0 Å². The van der Waals surface area contributed by atoms with Gasteiger partial charge in [0.25, 0.3) is 0 Å². The first-order valence-electron chi connectivity index (χ1n) is 18.2. The monoisotopic (exact) mass is 672 g/mol. The van der Waals surface area contributed by atoms with E-state index in [0.29, 0.717) is 0 Å². The third-order valence-electron chi connectivity index (χ3n) is 11.7. The summed E-state index contributed by atoms with van der Waals surface area (Å²) in [6, 6.07) is 62.1. The maximum absolute atomic E-state index is 5.68. The zero-order valence-corrected chi connectivity index (χ0v) is 28.5. The van der Waals surface area contributed by atoms with Gasteiger partial charge in [-0.3, -0.25) is 4.40 Å². The molecule has 0 bridgehead atoms. The minimum atomic E-state index is 0.971.